The molecule has 2 atom stereocenters. The molecule has 0 radical (unpaired) electrons. The summed E-state index contributed by atoms with van der Waals surface area (Å²) in [7, 11) is 0. The summed E-state index contributed by atoms with van der Waals surface area (Å²) in [4.78, 5) is 13.3. The smallest absolute Gasteiger partial charge is 0.416 e. The fraction of sp³-hybridized carbons (Fsp3) is 0.409. The summed E-state index contributed by atoms with van der Waals surface area (Å²) >= 11 is 0. The number of carboxylic acids is 1. The molecule has 156 valence electrons. The highest BCUT2D eigenvalue weighted by Crippen LogP contribution is 2.35. The Kier molecular flexibility index (Phi) is 6.47. The Hall–Kier alpha value is -2.54. The van der Waals surface area contributed by atoms with Gasteiger partial charge in [0.05, 0.1) is 23.8 Å². The number of carboxylic acid groups (broad SMARTS) is 1. The molecule has 29 heavy (non-hydrogen) atoms. The molecule has 1 aliphatic heterocycles. The molecule has 0 aliphatic carbocycles. The highest BCUT2D eigenvalue weighted by molar-refractivity contribution is 5.88. The van der Waals surface area contributed by atoms with Crippen LogP contribution in [-0.4, -0.2) is 36.9 Å². The zero-order chi connectivity index (χ0) is 21.0. The van der Waals surface area contributed by atoms with Gasteiger partial charge in [-0.2, -0.15) is 13.2 Å². The Morgan fingerprint density at radius 3 is 2.31 bits per heavy atom. The molecule has 2 aromatic carbocycles. The molecule has 2 aromatic rings. The minimum Gasteiger partial charge on any atom is -0.478 e. The second-order valence-corrected chi connectivity index (χ2v) is 7.21. The molecule has 3 rings (SSSR count). The Morgan fingerprint density at radius 1 is 1.10 bits per heavy atom. The largest absolute Gasteiger partial charge is 0.478 e. The number of nitrogens with zero attached hydrogens (tertiary/aromatic N) is 1. The number of anilines is 1. The Bertz CT molecular complexity index is 819. The van der Waals surface area contributed by atoms with Gasteiger partial charge in [-0.3, -0.25) is 0 Å². The number of aromatic carboxylic acids is 1. The van der Waals surface area contributed by atoms with Gasteiger partial charge in [0.25, 0.3) is 0 Å². The van der Waals surface area contributed by atoms with Gasteiger partial charge in [0.1, 0.15) is 0 Å². The lowest BCUT2D eigenvalue weighted by Gasteiger charge is -2.41. The van der Waals surface area contributed by atoms with Gasteiger partial charge >= 0.3 is 12.1 Å². The van der Waals surface area contributed by atoms with E-state index < -0.39 is 17.7 Å². The Labute approximate surface area is 167 Å². The molecule has 0 saturated carbocycles. The lowest BCUT2D eigenvalue weighted by Crippen LogP contribution is -2.45. The minimum absolute atomic E-state index is 0.0920. The minimum atomic E-state index is -4.34. The molecule has 1 N–H and O–H groups in total. The zero-order valence-electron chi connectivity index (χ0n) is 16.2. The zero-order valence-corrected chi connectivity index (χ0v) is 16.2. The molecule has 0 bridgehead atoms. The molecule has 4 nitrogen and oxygen atoms in total. The van der Waals surface area contributed by atoms with Crippen LogP contribution in [0.5, 0.6) is 0 Å². The average molecular weight is 407 g/mol. The number of carbonyl (C=O) groups is 1. The summed E-state index contributed by atoms with van der Waals surface area (Å²) < 4.78 is 44.1. The monoisotopic (exact) mass is 407 g/mol. The SMILES string of the molecule is CCOC[C@@H]1CCC(c2ccc(C(F)(F)F)cc2)CN1c1ccc(C(=O)O)cc1. The fourth-order valence-corrected chi connectivity index (χ4v) is 3.78. The maximum absolute atomic E-state index is 12.8. The summed E-state index contributed by atoms with van der Waals surface area (Å²) in [6.45, 7) is 3.72. The van der Waals surface area contributed by atoms with Crippen molar-refractivity contribution in [3.05, 3.63) is 65.2 Å². The highest BCUT2D eigenvalue weighted by atomic mass is 19.4. The van der Waals surface area contributed by atoms with Gasteiger partial charge in [-0.25, -0.2) is 4.79 Å². The summed E-state index contributed by atoms with van der Waals surface area (Å²) in [5.74, 6) is -0.891. The number of halogens is 3. The van der Waals surface area contributed by atoms with Crippen molar-refractivity contribution in [1.82, 2.24) is 0 Å². The van der Waals surface area contributed by atoms with Crippen molar-refractivity contribution in [2.45, 2.75) is 37.9 Å². The van der Waals surface area contributed by atoms with Gasteiger partial charge < -0.3 is 14.7 Å². The van der Waals surface area contributed by atoms with E-state index in [1.807, 2.05) is 6.92 Å². The van der Waals surface area contributed by atoms with Crippen LogP contribution in [0.3, 0.4) is 0 Å². The van der Waals surface area contributed by atoms with Crippen molar-refractivity contribution in [2.24, 2.45) is 0 Å². The lowest BCUT2D eigenvalue weighted by atomic mass is 9.86. The van der Waals surface area contributed by atoms with E-state index in [9.17, 15) is 18.0 Å². The number of piperidine rings is 1. The van der Waals surface area contributed by atoms with Gasteiger partial charge in [0.15, 0.2) is 0 Å². The van der Waals surface area contributed by atoms with E-state index in [0.717, 1.165) is 36.2 Å². The maximum atomic E-state index is 12.8. The summed E-state index contributed by atoms with van der Waals surface area (Å²) in [5.41, 5.74) is 1.33. The van der Waals surface area contributed by atoms with Crippen LogP contribution in [0.4, 0.5) is 18.9 Å². The van der Waals surface area contributed by atoms with Crippen molar-refractivity contribution >= 4 is 11.7 Å². The van der Waals surface area contributed by atoms with Crippen LogP contribution in [0.15, 0.2) is 48.5 Å². The molecule has 1 heterocycles. The van der Waals surface area contributed by atoms with Gasteiger partial charge in [0, 0.05) is 24.8 Å². The third-order valence-electron chi connectivity index (χ3n) is 5.38. The first kappa shape index (κ1) is 21.2. The Balaban J connectivity index is 1.81. The topological polar surface area (TPSA) is 49.8 Å². The first-order valence-corrected chi connectivity index (χ1v) is 9.64. The fourth-order valence-electron chi connectivity index (χ4n) is 3.78. The van der Waals surface area contributed by atoms with Crippen LogP contribution in [0.1, 0.15) is 47.2 Å². The molecule has 1 saturated heterocycles. The summed E-state index contributed by atoms with van der Waals surface area (Å²) in [6.07, 6.45) is -2.65. The van der Waals surface area contributed by atoms with Crippen molar-refractivity contribution in [3.8, 4) is 0 Å². The molecule has 1 unspecified atom stereocenters. The maximum Gasteiger partial charge on any atom is 0.416 e. The number of hydrogen-bond acceptors (Lipinski definition) is 3. The van der Waals surface area contributed by atoms with Crippen molar-refractivity contribution in [3.63, 3.8) is 0 Å². The van der Waals surface area contributed by atoms with E-state index in [1.54, 1.807) is 36.4 Å². The van der Waals surface area contributed by atoms with Gasteiger partial charge in [-0.15, -0.1) is 0 Å². The molecule has 7 heteroatoms. The molecule has 0 aromatic heterocycles. The van der Waals surface area contributed by atoms with Gasteiger partial charge in [-0.05, 0) is 61.7 Å². The van der Waals surface area contributed by atoms with Crippen molar-refractivity contribution in [1.29, 1.82) is 0 Å². The average Bonchev–Trinajstić information content (AvgIpc) is 2.71. The molecule has 0 amide bonds. The van der Waals surface area contributed by atoms with Crippen LogP contribution in [0.2, 0.25) is 0 Å². The van der Waals surface area contributed by atoms with E-state index in [-0.39, 0.29) is 17.5 Å². The highest BCUT2D eigenvalue weighted by Gasteiger charge is 2.32. The van der Waals surface area contributed by atoms with E-state index in [1.165, 1.54) is 0 Å². The number of benzene rings is 2. The van der Waals surface area contributed by atoms with Crippen LogP contribution in [0.25, 0.3) is 0 Å². The summed E-state index contributed by atoms with van der Waals surface area (Å²) in [5, 5.41) is 9.11. The molecule has 1 fully saturated rings. The predicted molar refractivity (Wildman–Crippen MR) is 104 cm³/mol. The molecular formula is C22H24F3NO3. The second-order valence-electron chi connectivity index (χ2n) is 7.21. The van der Waals surface area contributed by atoms with Crippen LogP contribution < -0.4 is 4.90 Å². The van der Waals surface area contributed by atoms with Crippen LogP contribution in [-0.2, 0) is 10.9 Å². The van der Waals surface area contributed by atoms with Gasteiger partial charge in [0.2, 0.25) is 0 Å². The Morgan fingerprint density at radius 2 is 1.76 bits per heavy atom. The molecule has 1 aliphatic rings. The van der Waals surface area contributed by atoms with Crippen LogP contribution in [0, 0.1) is 0 Å². The first-order chi connectivity index (χ1) is 13.8. The van der Waals surface area contributed by atoms with Crippen molar-refractivity contribution < 1.29 is 27.8 Å². The van der Waals surface area contributed by atoms with Crippen LogP contribution >= 0.6 is 0 Å². The van der Waals surface area contributed by atoms with E-state index in [0.29, 0.717) is 19.8 Å². The van der Waals surface area contributed by atoms with E-state index in [2.05, 4.69) is 4.90 Å². The van der Waals surface area contributed by atoms with Gasteiger partial charge in [-0.1, -0.05) is 12.1 Å². The van der Waals surface area contributed by atoms with Crippen molar-refractivity contribution in [2.75, 3.05) is 24.7 Å². The third kappa shape index (κ3) is 5.09. The molecular weight excluding hydrogens is 383 g/mol. The standard InChI is InChI=1S/C22H24F3NO3/c1-2-29-14-20-12-7-17(15-3-8-18(9-4-15)22(23,24)25)13-26(20)19-10-5-16(6-11-19)21(27)28/h3-6,8-11,17,20H,2,7,12-14H2,1H3,(H,27,28)/t17?,20-/m0/s1. The number of ether oxygens (including phenoxy) is 1. The molecule has 0 spiro atoms. The number of alkyl halides is 3. The third-order valence-corrected chi connectivity index (χ3v) is 5.38. The number of hydrogen-bond donors (Lipinski definition) is 1. The second kappa shape index (κ2) is 8.86. The number of rotatable bonds is 6. The normalized spacial score (nSPS) is 19.9. The predicted octanol–water partition coefficient (Wildman–Crippen LogP) is 5.19. The lowest BCUT2D eigenvalue weighted by molar-refractivity contribution is -0.137. The summed E-state index contributed by atoms with van der Waals surface area (Å²) in [6, 6.07) is 12.2. The van der Waals surface area contributed by atoms with E-state index >= 15 is 0 Å². The first-order valence-electron chi connectivity index (χ1n) is 9.64. The van der Waals surface area contributed by atoms with E-state index in [4.69, 9.17) is 9.84 Å². The quantitative estimate of drug-likeness (QED) is 0.716.